The minimum absolute atomic E-state index is 0.146. The fourth-order valence-electron chi connectivity index (χ4n) is 2.47. The Morgan fingerprint density at radius 3 is 2.33 bits per heavy atom. The van der Waals surface area contributed by atoms with E-state index in [0.29, 0.717) is 5.69 Å². The van der Waals surface area contributed by atoms with E-state index in [2.05, 4.69) is 18.8 Å². The van der Waals surface area contributed by atoms with Crippen LogP contribution >= 0.6 is 0 Å². The van der Waals surface area contributed by atoms with Gasteiger partial charge in [0, 0.05) is 18.1 Å². The van der Waals surface area contributed by atoms with Crippen LogP contribution in [0.2, 0.25) is 0 Å². The van der Waals surface area contributed by atoms with Crippen LogP contribution in [0.15, 0.2) is 18.3 Å². The van der Waals surface area contributed by atoms with Gasteiger partial charge < -0.3 is 14.4 Å². The van der Waals surface area contributed by atoms with Crippen molar-refractivity contribution in [3.05, 3.63) is 24.0 Å². The minimum Gasteiger partial charge on any atom is -0.399 e. The summed E-state index contributed by atoms with van der Waals surface area (Å²) in [5.74, 6) is 0. The lowest BCUT2D eigenvalue weighted by molar-refractivity contribution is 0.0739. The molecule has 2 fully saturated rings. The highest BCUT2D eigenvalue weighted by molar-refractivity contribution is 6.62. The standard InChI is InChI=1S/C13H18BNO3/c1-11(2,16)10-6-5-9(7-15-10)14-17-12(3)8-13(12,4)18-14/h5-7,16H,8H2,1-4H3. The highest BCUT2D eigenvalue weighted by atomic mass is 16.7. The van der Waals surface area contributed by atoms with Crippen molar-refractivity contribution in [1.82, 2.24) is 4.98 Å². The Bertz CT molecular complexity index is 468. The average molecular weight is 247 g/mol. The zero-order chi connectivity index (χ0) is 13.2. The Labute approximate surface area is 107 Å². The van der Waals surface area contributed by atoms with Gasteiger partial charge in [-0.15, -0.1) is 0 Å². The zero-order valence-electron chi connectivity index (χ0n) is 11.2. The number of hydrogen-bond donors (Lipinski definition) is 1. The van der Waals surface area contributed by atoms with Gasteiger partial charge in [-0.25, -0.2) is 0 Å². The molecule has 1 aliphatic heterocycles. The molecule has 0 amide bonds. The molecule has 1 aromatic rings. The quantitative estimate of drug-likeness (QED) is 0.791. The van der Waals surface area contributed by atoms with E-state index in [9.17, 15) is 5.11 Å². The zero-order valence-corrected chi connectivity index (χ0v) is 11.2. The van der Waals surface area contributed by atoms with E-state index in [4.69, 9.17) is 9.31 Å². The van der Waals surface area contributed by atoms with E-state index >= 15 is 0 Å². The molecule has 96 valence electrons. The Morgan fingerprint density at radius 1 is 1.28 bits per heavy atom. The van der Waals surface area contributed by atoms with Crippen LogP contribution in [0.5, 0.6) is 0 Å². The summed E-state index contributed by atoms with van der Waals surface area (Å²) >= 11 is 0. The number of aromatic nitrogens is 1. The third-order valence-electron chi connectivity index (χ3n) is 4.09. The summed E-state index contributed by atoms with van der Waals surface area (Å²) in [7, 11) is -0.336. The first-order valence-electron chi connectivity index (χ1n) is 6.28. The highest BCUT2D eigenvalue weighted by Gasteiger charge is 2.71. The van der Waals surface area contributed by atoms with Gasteiger partial charge in [0.05, 0.1) is 16.9 Å². The van der Waals surface area contributed by atoms with Gasteiger partial charge in [-0.1, -0.05) is 6.07 Å². The summed E-state index contributed by atoms with van der Waals surface area (Å²) in [4.78, 5) is 4.27. The number of pyridine rings is 1. The lowest BCUT2D eigenvalue weighted by Gasteiger charge is -2.17. The third kappa shape index (κ3) is 1.69. The maximum Gasteiger partial charge on any atom is 0.496 e. The van der Waals surface area contributed by atoms with Crippen LogP contribution in [0, 0.1) is 0 Å². The summed E-state index contributed by atoms with van der Waals surface area (Å²) in [5, 5.41) is 9.85. The van der Waals surface area contributed by atoms with E-state index in [1.54, 1.807) is 20.0 Å². The van der Waals surface area contributed by atoms with E-state index in [-0.39, 0.29) is 18.3 Å². The number of fused-ring (bicyclic) bond motifs is 1. The number of aliphatic hydroxyl groups is 1. The maximum atomic E-state index is 9.85. The molecule has 1 aromatic heterocycles. The smallest absolute Gasteiger partial charge is 0.399 e. The van der Waals surface area contributed by atoms with Gasteiger partial charge in [0.15, 0.2) is 0 Å². The first-order chi connectivity index (χ1) is 8.24. The lowest BCUT2D eigenvalue weighted by atomic mass is 9.79. The molecular formula is C13H18BNO3. The van der Waals surface area contributed by atoms with Crippen LogP contribution in [-0.4, -0.2) is 28.4 Å². The van der Waals surface area contributed by atoms with Crippen molar-refractivity contribution in [2.24, 2.45) is 0 Å². The van der Waals surface area contributed by atoms with E-state index < -0.39 is 5.60 Å². The molecule has 5 heteroatoms. The lowest BCUT2D eigenvalue weighted by Crippen LogP contribution is -2.36. The van der Waals surface area contributed by atoms with E-state index in [1.165, 1.54) is 0 Å². The highest BCUT2D eigenvalue weighted by Crippen LogP contribution is 2.58. The van der Waals surface area contributed by atoms with Gasteiger partial charge in [0.25, 0.3) is 0 Å². The number of rotatable bonds is 2. The van der Waals surface area contributed by atoms with Crippen molar-refractivity contribution in [3.63, 3.8) is 0 Å². The van der Waals surface area contributed by atoms with Crippen molar-refractivity contribution in [2.75, 3.05) is 0 Å². The molecule has 0 bridgehead atoms. The SMILES string of the molecule is CC(C)(O)c1ccc(B2OC3(C)CC3(C)O2)cn1. The van der Waals surface area contributed by atoms with Gasteiger partial charge in [0.1, 0.15) is 5.60 Å². The second-order valence-electron chi connectivity index (χ2n) is 6.24. The molecule has 0 aromatic carbocycles. The predicted molar refractivity (Wildman–Crippen MR) is 68.5 cm³/mol. The molecule has 0 radical (unpaired) electrons. The first-order valence-corrected chi connectivity index (χ1v) is 6.28. The van der Waals surface area contributed by atoms with Gasteiger partial charge in [-0.3, -0.25) is 4.98 Å². The molecule has 0 spiro atoms. The molecule has 1 aliphatic carbocycles. The fraction of sp³-hybridized carbons (Fsp3) is 0.615. The molecule has 2 unspecified atom stereocenters. The Morgan fingerprint density at radius 2 is 1.89 bits per heavy atom. The molecule has 2 atom stereocenters. The number of hydrogen-bond acceptors (Lipinski definition) is 4. The van der Waals surface area contributed by atoms with Crippen molar-refractivity contribution in [1.29, 1.82) is 0 Å². The van der Waals surface area contributed by atoms with Crippen LogP contribution < -0.4 is 5.46 Å². The Balaban J connectivity index is 1.79. The summed E-state index contributed by atoms with van der Waals surface area (Å²) in [6.45, 7) is 7.58. The average Bonchev–Trinajstić information content (AvgIpc) is 2.67. The van der Waals surface area contributed by atoms with Crippen molar-refractivity contribution in [3.8, 4) is 0 Å². The van der Waals surface area contributed by atoms with E-state index in [0.717, 1.165) is 11.9 Å². The number of nitrogens with zero attached hydrogens (tertiary/aromatic N) is 1. The fourth-order valence-corrected chi connectivity index (χ4v) is 2.47. The van der Waals surface area contributed by atoms with E-state index in [1.807, 2.05) is 12.1 Å². The molecule has 2 aliphatic rings. The van der Waals surface area contributed by atoms with Crippen LogP contribution in [0.25, 0.3) is 0 Å². The van der Waals surface area contributed by atoms with Gasteiger partial charge in [-0.2, -0.15) is 0 Å². The molecule has 1 saturated carbocycles. The van der Waals surface area contributed by atoms with Crippen molar-refractivity contribution < 1.29 is 14.4 Å². The second-order valence-corrected chi connectivity index (χ2v) is 6.24. The Kier molecular flexibility index (Phi) is 2.26. The molecular weight excluding hydrogens is 229 g/mol. The maximum absolute atomic E-state index is 9.85. The van der Waals surface area contributed by atoms with Crippen molar-refractivity contribution in [2.45, 2.75) is 50.9 Å². The summed E-state index contributed by atoms with van der Waals surface area (Å²) in [6, 6.07) is 3.72. The van der Waals surface area contributed by atoms with Crippen LogP contribution in [0.3, 0.4) is 0 Å². The van der Waals surface area contributed by atoms with Crippen LogP contribution in [0.1, 0.15) is 39.8 Å². The van der Waals surface area contributed by atoms with Gasteiger partial charge in [-0.05, 0) is 33.8 Å². The molecule has 1 N–H and O–H groups in total. The van der Waals surface area contributed by atoms with Crippen LogP contribution in [-0.2, 0) is 14.9 Å². The van der Waals surface area contributed by atoms with Crippen LogP contribution in [0.4, 0.5) is 0 Å². The molecule has 2 heterocycles. The minimum atomic E-state index is -0.921. The Hall–Kier alpha value is -0.905. The normalized spacial score (nSPS) is 34.6. The topological polar surface area (TPSA) is 51.6 Å². The molecule has 3 rings (SSSR count). The summed E-state index contributed by atoms with van der Waals surface area (Å²) < 4.78 is 11.8. The molecule has 4 nitrogen and oxygen atoms in total. The largest absolute Gasteiger partial charge is 0.496 e. The second kappa shape index (κ2) is 3.35. The third-order valence-corrected chi connectivity index (χ3v) is 4.09. The van der Waals surface area contributed by atoms with Gasteiger partial charge >= 0.3 is 7.12 Å². The predicted octanol–water partition coefficient (Wildman–Crippen LogP) is 0.972. The molecule has 18 heavy (non-hydrogen) atoms. The van der Waals surface area contributed by atoms with Crippen molar-refractivity contribution >= 4 is 12.6 Å². The summed E-state index contributed by atoms with van der Waals surface area (Å²) in [5.41, 5.74) is 0.333. The first kappa shape index (κ1) is 12.1. The van der Waals surface area contributed by atoms with Gasteiger partial charge in [0.2, 0.25) is 0 Å². The monoisotopic (exact) mass is 247 g/mol. The molecule has 1 saturated heterocycles. The summed E-state index contributed by atoms with van der Waals surface area (Å²) in [6.07, 6.45) is 2.67.